The van der Waals surface area contributed by atoms with Gasteiger partial charge in [-0.25, -0.2) is 0 Å². The van der Waals surface area contributed by atoms with E-state index in [1.165, 1.54) is 51.7 Å². The molecule has 1 fully saturated rings. The number of hydrogen-bond acceptors (Lipinski definition) is 2. The zero-order valence-corrected chi connectivity index (χ0v) is 10.8. The summed E-state index contributed by atoms with van der Waals surface area (Å²) >= 11 is 0. The van der Waals surface area contributed by atoms with Crippen LogP contribution < -0.4 is 5.32 Å². The van der Waals surface area contributed by atoms with Crippen molar-refractivity contribution in [2.45, 2.75) is 65.0 Å². The number of rotatable bonds is 7. The summed E-state index contributed by atoms with van der Waals surface area (Å²) in [4.78, 5) is 2.72. The van der Waals surface area contributed by atoms with Gasteiger partial charge >= 0.3 is 0 Å². The van der Waals surface area contributed by atoms with Crippen LogP contribution >= 0.6 is 0 Å². The van der Waals surface area contributed by atoms with Crippen molar-refractivity contribution in [1.29, 1.82) is 0 Å². The molecule has 2 atom stereocenters. The van der Waals surface area contributed by atoms with Crippen molar-refractivity contribution in [2.75, 3.05) is 19.6 Å². The molecule has 0 saturated carbocycles. The van der Waals surface area contributed by atoms with Gasteiger partial charge in [-0.1, -0.05) is 13.8 Å². The van der Waals surface area contributed by atoms with E-state index in [0.717, 1.165) is 12.1 Å². The Morgan fingerprint density at radius 2 is 2.00 bits per heavy atom. The highest BCUT2D eigenvalue weighted by atomic mass is 15.2. The van der Waals surface area contributed by atoms with Crippen molar-refractivity contribution in [3.05, 3.63) is 0 Å². The Morgan fingerprint density at radius 1 is 1.20 bits per heavy atom. The maximum atomic E-state index is 3.48. The molecule has 1 rings (SSSR count). The molecule has 1 N–H and O–H groups in total. The maximum absolute atomic E-state index is 3.48. The van der Waals surface area contributed by atoms with Crippen molar-refractivity contribution >= 4 is 0 Å². The number of likely N-dealkylation sites (tertiary alicyclic amines) is 1. The minimum absolute atomic E-state index is 0.820. The Hall–Kier alpha value is -0.0800. The van der Waals surface area contributed by atoms with Gasteiger partial charge in [-0.05, 0) is 58.7 Å². The molecule has 2 unspecified atom stereocenters. The quantitative estimate of drug-likeness (QED) is 0.653. The largest absolute Gasteiger partial charge is 0.317 e. The summed E-state index contributed by atoms with van der Waals surface area (Å²) in [7, 11) is 0. The first-order chi connectivity index (χ1) is 7.29. The topological polar surface area (TPSA) is 15.3 Å². The summed E-state index contributed by atoms with van der Waals surface area (Å²) in [6, 6.07) is 1.69. The second kappa shape index (κ2) is 7.24. The van der Waals surface area contributed by atoms with E-state index in [9.17, 15) is 0 Å². The van der Waals surface area contributed by atoms with Crippen LogP contribution in [0.2, 0.25) is 0 Å². The first kappa shape index (κ1) is 13.0. The highest BCUT2D eigenvalue weighted by molar-refractivity contribution is 4.84. The Bertz CT molecular complexity index is 159. The predicted octanol–water partition coefficient (Wildman–Crippen LogP) is 2.64. The molecule has 2 heteroatoms. The van der Waals surface area contributed by atoms with Gasteiger partial charge in [0.05, 0.1) is 0 Å². The summed E-state index contributed by atoms with van der Waals surface area (Å²) in [5.41, 5.74) is 0. The van der Waals surface area contributed by atoms with Crippen molar-refractivity contribution in [1.82, 2.24) is 10.2 Å². The normalized spacial score (nSPS) is 27.4. The molecule has 0 aromatic heterocycles. The van der Waals surface area contributed by atoms with Crippen LogP contribution in [0.3, 0.4) is 0 Å². The van der Waals surface area contributed by atoms with Gasteiger partial charge in [0, 0.05) is 12.1 Å². The molecule has 0 aromatic rings. The average molecular weight is 212 g/mol. The van der Waals surface area contributed by atoms with Crippen LogP contribution in [0.4, 0.5) is 0 Å². The first-order valence-corrected chi connectivity index (χ1v) is 6.76. The summed E-state index contributed by atoms with van der Waals surface area (Å²) in [6.07, 6.45) is 6.70. The number of nitrogens with zero attached hydrogens (tertiary/aromatic N) is 1. The van der Waals surface area contributed by atoms with E-state index in [2.05, 4.69) is 31.0 Å². The van der Waals surface area contributed by atoms with Gasteiger partial charge in [-0.15, -0.1) is 0 Å². The Labute approximate surface area is 95.4 Å². The zero-order chi connectivity index (χ0) is 11.1. The summed E-state index contributed by atoms with van der Waals surface area (Å²) in [5.74, 6) is 0. The fraction of sp³-hybridized carbons (Fsp3) is 1.00. The van der Waals surface area contributed by atoms with Gasteiger partial charge in [-0.3, -0.25) is 4.90 Å². The number of nitrogens with one attached hydrogen (secondary N) is 1. The lowest BCUT2D eigenvalue weighted by atomic mass is 10.1. The predicted molar refractivity (Wildman–Crippen MR) is 67.3 cm³/mol. The molecule has 1 heterocycles. The van der Waals surface area contributed by atoms with Crippen molar-refractivity contribution in [3.63, 3.8) is 0 Å². The fourth-order valence-corrected chi connectivity index (χ4v) is 2.66. The lowest BCUT2D eigenvalue weighted by Crippen LogP contribution is -2.36. The molecule has 0 spiro atoms. The van der Waals surface area contributed by atoms with E-state index >= 15 is 0 Å². The van der Waals surface area contributed by atoms with Crippen molar-refractivity contribution in [3.8, 4) is 0 Å². The maximum Gasteiger partial charge on any atom is 0.00960 e. The van der Waals surface area contributed by atoms with E-state index in [1.54, 1.807) is 0 Å². The Kier molecular flexibility index (Phi) is 6.26. The lowest BCUT2D eigenvalue weighted by Gasteiger charge is -2.27. The summed E-state index contributed by atoms with van der Waals surface area (Å²) < 4.78 is 0. The highest BCUT2D eigenvalue weighted by Crippen LogP contribution is 2.25. The summed E-state index contributed by atoms with van der Waals surface area (Å²) in [5, 5.41) is 3.48. The van der Waals surface area contributed by atoms with Crippen molar-refractivity contribution < 1.29 is 0 Å². The first-order valence-electron chi connectivity index (χ1n) is 6.76. The fourth-order valence-electron chi connectivity index (χ4n) is 2.66. The van der Waals surface area contributed by atoms with Gasteiger partial charge in [-0.2, -0.15) is 0 Å². The van der Waals surface area contributed by atoms with E-state index in [0.29, 0.717) is 0 Å². The van der Waals surface area contributed by atoms with Crippen molar-refractivity contribution in [2.24, 2.45) is 0 Å². The van der Waals surface area contributed by atoms with E-state index in [1.807, 2.05) is 0 Å². The molecule has 0 aromatic carbocycles. The van der Waals surface area contributed by atoms with Crippen LogP contribution in [0.25, 0.3) is 0 Å². The molecule has 0 radical (unpaired) electrons. The molecule has 90 valence electrons. The molecular weight excluding hydrogens is 184 g/mol. The molecule has 15 heavy (non-hydrogen) atoms. The minimum Gasteiger partial charge on any atom is -0.317 e. The summed E-state index contributed by atoms with van der Waals surface area (Å²) in [6.45, 7) is 10.6. The van der Waals surface area contributed by atoms with E-state index in [-0.39, 0.29) is 0 Å². The van der Waals surface area contributed by atoms with Gasteiger partial charge in [0.2, 0.25) is 0 Å². The third-order valence-electron chi connectivity index (χ3n) is 3.62. The third kappa shape index (κ3) is 4.12. The van der Waals surface area contributed by atoms with Gasteiger partial charge in [0.1, 0.15) is 0 Å². The second-order valence-corrected chi connectivity index (χ2v) is 4.83. The van der Waals surface area contributed by atoms with Gasteiger partial charge < -0.3 is 5.32 Å². The van der Waals surface area contributed by atoms with Crippen LogP contribution in [-0.2, 0) is 0 Å². The number of hydrogen-bond donors (Lipinski definition) is 1. The van der Waals surface area contributed by atoms with Crippen LogP contribution in [0.15, 0.2) is 0 Å². The van der Waals surface area contributed by atoms with Crippen LogP contribution in [0, 0.1) is 0 Å². The molecule has 0 aliphatic carbocycles. The van der Waals surface area contributed by atoms with E-state index in [4.69, 9.17) is 0 Å². The molecule has 1 saturated heterocycles. The van der Waals surface area contributed by atoms with Gasteiger partial charge in [0.25, 0.3) is 0 Å². The van der Waals surface area contributed by atoms with Gasteiger partial charge in [0.15, 0.2) is 0 Å². The Balaban J connectivity index is 2.13. The molecule has 0 bridgehead atoms. The van der Waals surface area contributed by atoms with E-state index < -0.39 is 0 Å². The highest BCUT2D eigenvalue weighted by Gasteiger charge is 2.28. The average Bonchev–Trinajstić information content (AvgIpc) is 2.60. The molecule has 0 amide bonds. The smallest absolute Gasteiger partial charge is 0.00960 e. The monoisotopic (exact) mass is 212 g/mol. The SMILES string of the molecule is CCCNCCCN1C(C)CCC1CC. The molecular formula is C13H28N2. The van der Waals surface area contributed by atoms with Crippen LogP contribution in [-0.4, -0.2) is 36.6 Å². The van der Waals surface area contributed by atoms with Crippen LogP contribution in [0.5, 0.6) is 0 Å². The lowest BCUT2D eigenvalue weighted by molar-refractivity contribution is 0.196. The zero-order valence-electron chi connectivity index (χ0n) is 10.8. The minimum atomic E-state index is 0.820. The Morgan fingerprint density at radius 3 is 2.67 bits per heavy atom. The standard InChI is InChI=1S/C13H28N2/c1-4-9-14-10-6-11-15-12(3)7-8-13(15)5-2/h12-14H,4-11H2,1-3H3. The molecule has 1 aliphatic rings. The third-order valence-corrected chi connectivity index (χ3v) is 3.62. The second-order valence-electron chi connectivity index (χ2n) is 4.83. The van der Waals surface area contributed by atoms with Crippen LogP contribution in [0.1, 0.15) is 52.9 Å². The molecule has 1 aliphatic heterocycles. The molecule has 2 nitrogen and oxygen atoms in total.